The highest BCUT2D eigenvalue weighted by molar-refractivity contribution is 7.92. The number of sulfonamides is 1. The fraction of sp³-hybridized carbons (Fsp3) is 0.462. The van der Waals surface area contributed by atoms with E-state index in [0.29, 0.717) is 23.6 Å². The molecule has 2 amide bonds. The molecule has 2 aromatic carbocycles. The number of nitrogens with zero attached hydrogens (tertiary/aromatic N) is 2. The zero-order valence-corrected chi connectivity index (χ0v) is 22.3. The monoisotopic (exact) mass is 521 g/mol. The van der Waals surface area contributed by atoms with Gasteiger partial charge in [-0.25, -0.2) is 12.8 Å². The first-order chi connectivity index (χ1) is 17.0. The van der Waals surface area contributed by atoms with Gasteiger partial charge in [0.25, 0.3) is 0 Å². The summed E-state index contributed by atoms with van der Waals surface area (Å²) < 4.78 is 46.3. The number of hydrogen-bond acceptors (Lipinski definition) is 5. The van der Waals surface area contributed by atoms with Gasteiger partial charge in [-0.1, -0.05) is 30.3 Å². The molecule has 0 bridgehead atoms. The van der Waals surface area contributed by atoms with Gasteiger partial charge in [0.2, 0.25) is 21.8 Å². The Kier molecular flexibility index (Phi) is 10.7. The van der Waals surface area contributed by atoms with Gasteiger partial charge in [0.1, 0.15) is 17.6 Å². The van der Waals surface area contributed by atoms with Crippen LogP contribution >= 0.6 is 0 Å². The molecule has 0 aliphatic carbocycles. The summed E-state index contributed by atoms with van der Waals surface area (Å²) in [6.07, 6.45) is 1.26. The van der Waals surface area contributed by atoms with Crippen molar-refractivity contribution in [2.45, 2.75) is 59.2 Å². The summed E-state index contributed by atoms with van der Waals surface area (Å²) in [5.41, 5.74) is 0.681. The van der Waals surface area contributed by atoms with E-state index < -0.39 is 21.9 Å². The normalized spacial score (nSPS) is 12.2. The molecule has 0 radical (unpaired) electrons. The SMILES string of the molecule is CCOc1ccccc1N(CCCC(=O)N(Cc1ccccc1F)C(C)C(=O)NC(C)C)S(C)(=O)=O. The molecule has 0 heterocycles. The van der Waals surface area contributed by atoms with E-state index in [1.165, 1.54) is 15.3 Å². The second-order valence-electron chi connectivity index (χ2n) is 8.79. The first-order valence-electron chi connectivity index (χ1n) is 12.0. The summed E-state index contributed by atoms with van der Waals surface area (Å²) in [6.45, 7) is 7.35. The number of carbonyl (C=O) groups is 2. The van der Waals surface area contributed by atoms with E-state index in [1.807, 2.05) is 13.8 Å². The van der Waals surface area contributed by atoms with Gasteiger partial charge >= 0.3 is 0 Å². The molecule has 0 aliphatic rings. The van der Waals surface area contributed by atoms with Crippen molar-refractivity contribution in [2.75, 3.05) is 23.7 Å². The van der Waals surface area contributed by atoms with Gasteiger partial charge in [0, 0.05) is 31.1 Å². The van der Waals surface area contributed by atoms with E-state index in [1.54, 1.807) is 56.3 Å². The molecule has 1 unspecified atom stereocenters. The Bertz CT molecular complexity index is 1140. The van der Waals surface area contributed by atoms with Crippen LogP contribution in [-0.2, 0) is 26.2 Å². The van der Waals surface area contributed by atoms with Crippen LogP contribution in [-0.4, -0.2) is 56.6 Å². The van der Waals surface area contributed by atoms with Crippen LogP contribution < -0.4 is 14.4 Å². The highest BCUT2D eigenvalue weighted by Gasteiger charge is 2.28. The van der Waals surface area contributed by atoms with Gasteiger partial charge in [-0.3, -0.25) is 13.9 Å². The van der Waals surface area contributed by atoms with Gasteiger partial charge in [0.15, 0.2) is 0 Å². The van der Waals surface area contributed by atoms with Crippen molar-refractivity contribution in [3.63, 3.8) is 0 Å². The van der Waals surface area contributed by atoms with Crippen LogP contribution in [0.4, 0.5) is 10.1 Å². The number of para-hydroxylation sites is 2. The average molecular weight is 522 g/mol. The summed E-state index contributed by atoms with van der Waals surface area (Å²) >= 11 is 0. The summed E-state index contributed by atoms with van der Waals surface area (Å²) in [5.74, 6) is -0.770. The van der Waals surface area contributed by atoms with E-state index in [-0.39, 0.29) is 43.8 Å². The number of halogens is 1. The Balaban J connectivity index is 2.22. The molecular weight excluding hydrogens is 485 g/mol. The van der Waals surface area contributed by atoms with E-state index >= 15 is 0 Å². The third-order valence-corrected chi connectivity index (χ3v) is 6.66. The molecule has 0 aliphatic heterocycles. The molecule has 8 nitrogen and oxygen atoms in total. The maximum atomic E-state index is 14.3. The summed E-state index contributed by atoms with van der Waals surface area (Å²) in [4.78, 5) is 27.3. The largest absolute Gasteiger partial charge is 0.492 e. The Hall–Kier alpha value is -3.14. The lowest BCUT2D eigenvalue weighted by molar-refractivity contribution is -0.140. The number of hydrogen-bond donors (Lipinski definition) is 1. The summed E-state index contributed by atoms with van der Waals surface area (Å²) in [6, 6.07) is 11.9. The van der Waals surface area contributed by atoms with Gasteiger partial charge in [-0.05, 0) is 52.3 Å². The van der Waals surface area contributed by atoms with E-state index in [4.69, 9.17) is 4.74 Å². The van der Waals surface area contributed by atoms with E-state index in [2.05, 4.69) is 5.32 Å². The van der Waals surface area contributed by atoms with Crippen LogP contribution in [0.2, 0.25) is 0 Å². The molecule has 0 saturated carbocycles. The van der Waals surface area contributed by atoms with Crippen molar-refractivity contribution in [3.8, 4) is 5.75 Å². The number of rotatable bonds is 13. The zero-order valence-electron chi connectivity index (χ0n) is 21.5. The number of anilines is 1. The highest BCUT2D eigenvalue weighted by Crippen LogP contribution is 2.30. The maximum absolute atomic E-state index is 14.3. The minimum absolute atomic E-state index is 0.0312. The third-order valence-electron chi connectivity index (χ3n) is 5.48. The van der Waals surface area contributed by atoms with Crippen molar-refractivity contribution in [2.24, 2.45) is 0 Å². The molecule has 10 heteroatoms. The van der Waals surface area contributed by atoms with Crippen LogP contribution in [0.3, 0.4) is 0 Å². The Morgan fingerprint density at radius 2 is 1.69 bits per heavy atom. The van der Waals surface area contributed by atoms with Crippen LogP contribution in [0.15, 0.2) is 48.5 Å². The Labute approximate surface area is 213 Å². The fourth-order valence-corrected chi connectivity index (χ4v) is 4.69. The lowest BCUT2D eigenvalue weighted by Crippen LogP contribution is -2.49. The Morgan fingerprint density at radius 3 is 2.31 bits per heavy atom. The molecule has 1 atom stereocenters. The molecule has 0 spiro atoms. The number of nitrogens with one attached hydrogen (secondary N) is 1. The second kappa shape index (κ2) is 13.2. The number of ether oxygens (including phenoxy) is 1. The lowest BCUT2D eigenvalue weighted by Gasteiger charge is -2.30. The number of amides is 2. The molecular formula is C26H36FN3O5S. The average Bonchev–Trinajstić information content (AvgIpc) is 2.80. The van der Waals surface area contributed by atoms with Gasteiger partial charge < -0.3 is 15.0 Å². The molecule has 1 N–H and O–H groups in total. The molecule has 198 valence electrons. The fourth-order valence-electron chi connectivity index (χ4n) is 3.72. The van der Waals surface area contributed by atoms with Crippen molar-refractivity contribution < 1.29 is 27.1 Å². The third kappa shape index (κ3) is 8.22. The van der Waals surface area contributed by atoms with Gasteiger partial charge in [-0.2, -0.15) is 0 Å². The predicted molar refractivity (Wildman–Crippen MR) is 139 cm³/mol. The van der Waals surface area contributed by atoms with Crippen LogP contribution in [0, 0.1) is 5.82 Å². The molecule has 0 saturated heterocycles. The summed E-state index contributed by atoms with van der Waals surface area (Å²) in [7, 11) is -3.66. The summed E-state index contributed by atoms with van der Waals surface area (Å²) in [5, 5.41) is 2.78. The topological polar surface area (TPSA) is 96.0 Å². The van der Waals surface area contributed by atoms with Crippen LogP contribution in [0.25, 0.3) is 0 Å². The molecule has 36 heavy (non-hydrogen) atoms. The minimum Gasteiger partial charge on any atom is -0.492 e. The minimum atomic E-state index is -3.66. The van der Waals surface area contributed by atoms with E-state index in [9.17, 15) is 22.4 Å². The first kappa shape index (κ1) is 29.1. The van der Waals surface area contributed by atoms with Gasteiger partial charge in [0.05, 0.1) is 18.6 Å². The standard InChI is InChI=1S/C26H36FN3O5S/c1-6-35-24-15-10-9-14-23(24)30(36(5,33)34)17-11-16-25(31)29(20(4)26(32)28-19(2)3)18-21-12-7-8-13-22(21)27/h7-10,12-15,19-20H,6,11,16-18H2,1-5H3,(H,28,32). The van der Waals surface area contributed by atoms with Crippen molar-refractivity contribution in [1.82, 2.24) is 10.2 Å². The highest BCUT2D eigenvalue weighted by atomic mass is 32.2. The quantitative estimate of drug-likeness (QED) is 0.434. The zero-order chi connectivity index (χ0) is 26.9. The van der Waals surface area contributed by atoms with E-state index in [0.717, 1.165) is 6.26 Å². The predicted octanol–water partition coefficient (Wildman–Crippen LogP) is 3.71. The lowest BCUT2D eigenvalue weighted by atomic mass is 10.1. The van der Waals surface area contributed by atoms with Crippen molar-refractivity contribution >= 4 is 27.5 Å². The first-order valence-corrected chi connectivity index (χ1v) is 13.8. The molecule has 0 fully saturated rings. The smallest absolute Gasteiger partial charge is 0.242 e. The van der Waals surface area contributed by atoms with Crippen molar-refractivity contribution in [3.05, 3.63) is 59.9 Å². The van der Waals surface area contributed by atoms with Crippen LogP contribution in [0.1, 0.15) is 46.1 Å². The second-order valence-corrected chi connectivity index (χ2v) is 10.7. The maximum Gasteiger partial charge on any atom is 0.242 e. The van der Waals surface area contributed by atoms with Crippen molar-refractivity contribution in [1.29, 1.82) is 0 Å². The van der Waals surface area contributed by atoms with Gasteiger partial charge in [-0.15, -0.1) is 0 Å². The molecule has 0 aromatic heterocycles. The molecule has 2 rings (SSSR count). The number of benzene rings is 2. The van der Waals surface area contributed by atoms with Crippen LogP contribution in [0.5, 0.6) is 5.75 Å². The number of carbonyl (C=O) groups excluding carboxylic acids is 2. The molecule has 2 aromatic rings. The Morgan fingerprint density at radius 1 is 1.06 bits per heavy atom.